The van der Waals surface area contributed by atoms with Crippen LogP contribution in [0.2, 0.25) is 0 Å². The Balaban J connectivity index is 2.30. The lowest BCUT2D eigenvalue weighted by Gasteiger charge is -2.06. The second kappa shape index (κ2) is 3.41. The van der Waals surface area contributed by atoms with Crippen molar-refractivity contribution in [2.45, 2.75) is 25.7 Å². The molecule has 0 atom stereocenters. The zero-order chi connectivity index (χ0) is 11.1. The molecule has 1 fully saturated rings. The molecule has 0 radical (unpaired) electrons. The van der Waals surface area contributed by atoms with Crippen molar-refractivity contribution in [1.82, 2.24) is 4.98 Å². The highest BCUT2D eigenvalue weighted by Crippen LogP contribution is 2.40. The lowest BCUT2D eigenvalue weighted by Crippen LogP contribution is -1.98. The molecule has 0 saturated heterocycles. The van der Waals surface area contributed by atoms with E-state index in [1.54, 1.807) is 6.92 Å². The van der Waals surface area contributed by atoms with Crippen molar-refractivity contribution < 1.29 is 4.79 Å². The van der Waals surface area contributed by atoms with Crippen molar-refractivity contribution in [3.8, 4) is 0 Å². The van der Waals surface area contributed by atoms with E-state index in [1.807, 2.05) is 30.3 Å². The Labute approximate surface area is 94.3 Å². The van der Waals surface area contributed by atoms with Crippen LogP contribution in [0, 0.1) is 0 Å². The van der Waals surface area contributed by atoms with E-state index in [9.17, 15) is 4.79 Å². The lowest BCUT2D eigenvalue weighted by molar-refractivity contribution is 0.101. The molecule has 2 nitrogen and oxygen atoms in total. The minimum Gasteiger partial charge on any atom is -0.294 e. The number of benzene rings is 1. The van der Waals surface area contributed by atoms with E-state index in [0.717, 1.165) is 22.2 Å². The summed E-state index contributed by atoms with van der Waals surface area (Å²) in [6, 6.07) is 9.84. The number of carbonyl (C=O) groups is 1. The van der Waals surface area contributed by atoms with Gasteiger partial charge in [-0.3, -0.25) is 9.78 Å². The van der Waals surface area contributed by atoms with Gasteiger partial charge in [0.15, 0.2) is 5.78 Å². The Bertz CT molecular complexity index is 570. The summed E-state index contributed by atoms with van der Waals surface area (Å²) < 4.78 is 0. The first-order chi connectivity index (χ1) is 7.75. The zero-order valence-corrected chi connectivity index (χ0v) is 9.23. The molecule has 0 N–H and O–H groups in total. The maximum Gasteiger partial charge on any atom is 0.160 e. The van der Waals surface area contributed by atoms with Gasteiger partial charge < -0.3 is 0 Å². The van der Waals surface area contributed by atoms with E-state index in [1.165, 1.54) is 12.8 Å². The second-order valence-electron chi connectivity index (χ2n) is 4.44. The first-order valence-corrected chi connectivity index (χ1v) is 5.66. The van der Waals surface area contributed by atoms with Gasteiger partial charge in [-0.15, -0.1) is 0 Å². The summed E-state index contributed by atoms with van der Waals surface area (Å²) in [5, 5.41) is 0.972. The first kappa shape index (κ1) is 9.52. The third kappa shape index (κ3) is 1.51. The third-order valence-corrected chi connectivity index (χ3v) is 3.11. The van der Waals surface area contributed by atoms with Crippen molar-refractivity contribution in [2.24, 2.45) is 0 Å². The number of aromatic nitrogens is 1. The van der Waals surface area contributed by atoms with Gasteiger partial charge in [0.2, 0.25) is 0 Å². The van der Waals surface area contributed by atoms with E-state index in [4.69, 9.17) is 0 Å². The van der Waals surface area contributed by atoms with Crippen LogP contribution in [0.4, 0.5) is 0 Å². The van der Waals surface area contributed by atoms with Gasteiger partial charge in [-0.25, -0.2) is 0 Å². The highest BCUT2D eigenvalue weighted by Gasteiger charge is 2.26. The molecule has 2 aromatic rings. The molecule has 3 rings (SSSR count). The van der Waals surface area contributed by atoms with Crippen LogP contribution < -0.4 is 0 Å². The van der Waals surface area contributed by atoms with E-state index in [0.29, 0.717) is 5.92 Å². The number of para-hydroxylation sites is 1. The van der Waals surface area contributed by atoms with Crippen LogP contribution in [0.5, 0.6) is 0 Å². The van der Waals surface area contributed by atoms with Crippen LogP contribution in [-0.4, -0.2) is 10.8 Å². The van der Waals surface area contributed by atoms with Gasteiger partial charge in [0.1, 0.15) is 0 Å². The Morgan fingerprint density at radius 2 is 2.06 bits per heavy atom. The molecule has 2 heteroatoms. The Hall–Kier alpha value is -1.70. The van der Waals surface area contributed by atoms with Crippen LogP contribution in [0.3, 0.4) is 0 Å². The van der Waals surface area contributed by atoms with E-state index >= 15 is 0 Å². The molecule has 1 saturated carbocycles. The van der Waals surface area contributed by atoms with Gasteiger partial charge in [-0.2, -0.15) is 0 Å². The minimum atomic E-state index is 0.125. The van der Waals surface area contributed by atoms with Gasteiger partial charge in [0, 0.05) is 22.6 Å². The number of rotatable bonds is 2. The molecule has 0 bridgehead atoms. The highest BCUT2D eigenvalue weighted by molar-refractivity contribution is 6.06. The number of nitrogens with zero attached hydrogens (tertiary/aromatic N) is 1. The molecule has 1 aromatic carbocycles. The van der Waals surface area contributed by atoms with Crippen LogP contribution in [0.25, 0.3) is 10.9 Å². The van der Waals surface area contributed by atoms with Crippen LogP contribution in [-0.2, 0) is 0 Å². The largest absolute Gasteiger partial charge is 0.294 e. The predicted molar refractivity (Wildman–Crippen MR) is 63.7 cm³/mol. The number of hydrogen-bond acceptors (Lipinski definition) is 2. The van der Waals surface area contributed by atoms with Crippen molar-refractivity contribution in [2.75, 3.05) is 0 Å². The Morgan fingerprint density at radius 1 is 1.31 bits per heavy atom. The fourth-order valence-corrected chi connectivity index (χ4v) is 2.08. The van der Waals surface area contributed by atoms with E-state index in [2.05, 4.69) is 4.98 Å². The number of Topliss-reactive ketones (excluding diaryl/α,β-unsaturated/α-hetero) is 1. The molecule has 16 heavy (non-hydrogen) atoms. The fraction of sp³-hybridized carbons (Fsp3) is 0.286. The molecule has 80 valence electrons. The second-order valence-corrected chi connectivity index (χ2v) is 4.44. The number of carbonyl (C=O) groups excluding carboxylic acids is 1. The summed E-state index contributed by atoms with van der Waals surface area (Å²) >= 11 is 0. The summed E-state index contributed by atoms with van der Waals surface area (Å²) in [7, 11) is 0. The molecule has 1 aliphatic rings. The minimum absolute atomic E-state index is 0.125. The van der Waals surface area contributed by atoms with Gasteiger partial charge in [-0.05, 0) is 31.9 Å². The van der Waals surface area contributed by atoms with Crippen LogP contribution in [0.15, 0.2) is 30.3 Å². The smallest absolute Gasteiger partial charge is 0.160 e. The Kier molecular flexibility index (Phi) is 2.03. The van der Waals surface area contributed by atoms with Gasteiger partial charge in [0.25, 0.3) is 0 Å². The number of hydrogen-bond donors (Lipinski definition) is 0. The quantitative estimate of drug-likeness (QED) is 0.713. The average Bonchev–Trinajstić information content (AvgIpc) is 3.11. The third-order valence-electron chi connectivity index (χ3n) is 3.11. The summed E-state index contributed by atoms with van der Waals surface area (Å²) in [5.41, 5.74) is 2.84. The normalized spacial score (nSPS) is 15.3. The Morgan fingerprint density at radius 3 is 2.75 bits per heavy atom. The van der Waals surface area contributed by atoms with Crippen molar-refractivity contribution in [1.29, 1.82) is 0 Å². The van der Waals surface area contributed by atoms with Gasteiger partial charge >= 0.3 is 0 Å². The monoisotopic (exact) mass is 211 g/mol. The standard InChI is InChI=1S/C14H13NO/c1-9(16)12-8-14(10-6-7-10)15-13-5-3-2-4-11(12)13/h2-5,8,10H,6-7H2,1H3. The molecule has 0 unspecified atom stereocenters. The highest BCUT2D eigenvalue weighted by atomic mass is 16.1. The average molecular weight is 211 g/mol. The van der Waals surface area contributed by atoms with Crippen molar-refractivity contribution in [3.05, 3.63) is 41.6 Å². The number of pyridine rings is 1. The number of ketones is 1. The lowest BCUT2D eigenvalue weighted by atomic mass is 10.0. The molecule has 1 aromatic heterocycles. The summed E-state index contributed by atoms with van der Waals surface area (Å²) in [4.78, 5) is 16.3. The molecular weight excluding hydrogens is 198 g/mol. The van der Waals surface area contributed by atoms with Crippen LogP contribution in [0.1, 0.15) is 41.7 Å². The van der Waals surface area contributed by atoms with Crippen molar-refractivity contribution >= 4 is 16.7 Å². The summed E-state index contributed by atoms with van der Waals surface area (Å²) in [5.74, 6) is 0.711. The maximum atomic E-state index is 11.6. The first-order valence-electron chi connectivity index (χ1n) is 5.66. The molecule has 0 amide bonds. The molecule has 1 aliphatic carbocycles. The van der Waals surface area contributed by atoms with E-state index < -0.39 is 0 Å². The summed E-state index contributed by atoms with van der Waals surface area (Å²) in [6.45, 7) is 1.62. The molecule has 0 aliphatic heterocycles. The van der Waals surface area contributed by atoms with Crippen LogP contribution >= 0.6 is 0 Å². The topological polar surface area (TPSA) is 30.0 Å². The fourth-order valence-electron chi connectivity index (χ4n) is 2.08. The zero-order valence-electron chi connectivity index (χ0n) is 9.23. The van der Waals surface area contributed by atoms with Gasteiger partial charge in [0.05, 0.1) is 5.52 Å². The molecule has 0 spiro atoms. The van der Waals surface area contributed by atoms with E-state index in [-0.39, 0.29) is 5.78 Å². The maximum absolute atomic E-state index is 11.6. The molecular formula is C14H13NO. The van der Waals surface area contributed by atoms with Gasteiger partial charge in [-0.1, -0.05) is 18.2 Å². The summed E-state index contributed by atoms with van der Waals surface area (Å²) in [6.07, 6.45) is 2.42. The molecule has 1 heterocycles. The van der Waals surface area contributed by atoms with Crippen molar-refractivity contribution in [3.63, 3.8) is 0 Å². The predicted octanol–water partition coefficient (Wildman–Crippen LogP) is 3.31. The number of fused-ring (bicyclic) bond motifs is 1. The SMILES string of the molecule is CC(=O)c1cc(C2CC2)nc2ccccc12.